The minimum absolute atomic E-state index is 0.0183. The number of fused-ring (bicyclic) bond motifs is 2. The second-order valence-electron chi connectivity index (χ2n) is 9.06. The topological polar surface area (TPSA) is 71.2 Å². The number of pyridine rings is 1. The van der Waals surface area contributed by atoms with Crippen LogP contribution < -0.4 is 0 Å². The van der Waals surface area contributed by atoms with Crippen molar-refractivity contribution in [1.29, 1.82) is 0 Å². The number of hydrogen-bond donors (Lipinski definition) is 2. The lowest BCUT2D eigenvalue weighted by Crippen LogP contribution is -2.43. The van der Waals surface area contributed by atoms with Gasteiger partial charge in [0.25, 0.3) is 0 Å². The van der Waals surface area contributed by atoms with Crippen LogP contribution in [0.15, 0.2) is 60.6 Å². The third kappa shape index (κ3) is 3.13. The van der Waals surface area contributed by atoms with Crippen LogP contribution in [-0.4, -0.2) is 31.6 Å². The molecule has 1 unspecified atom stereocenters. The Labute approximate surface area is 180 Å². The molecule has 5 nitrogen and oxygen atoms in total. The predicted molar refractivity (Wildman–Crippen MR) is 116 cm³/mol. The molecule has 3 atom stereocenters. The summed E-state index contributed by atoms with van der Waals surface area (Å²) in [4.78, 5) is 4.03. The van der Waals surface area contributed by atoms with E-state index in [0.29, 0.717) is 6.42 Å². The van der Waals surface area contributed by atoms with Gasteiger partial charge in [-0.2, -0.15) is 5.10 Å². The molecule has 0 aliphatic heterocycles. The zero-order valence-electron chi connectivity index (χ0n) is 17.5. The van der Waals surface area contributed by atoms with Crippen LogP contribution in [0.4, 0.5) is 4.39 Å². The Kier molecular flexibility index (Phi) is 4.79. The summed E-state index contributed by atoms with van der Waals surface area (Å²) in [6.45, 7) is 2.23. The van der Waals surface area contributed by atoms with E-state index < -0.39 is 11.5 Å². The number of nitrogens with zero attached hydrogens (tertiary/aromatic N) is 3. The number of aliphatic hydroxyl groups excluding tert-OH is 2. The van der Waals surface area contributed by atoms with E-state index in [1.165, 1.54) is 17.7 Å². The van der Waals surface area contributed by atoms with Gasteiger partial charge in [-0.05, 0) is 79.3 Å². The van der Waals surface area contributed by atoms with Gasteiger partial charge in [0.2, 0.25) is 0 Å². The van der Waals surface area contributed by atoms with Gasteiger partial charge in [0.1, 0.15) is 5.82 Å². The molecule has 2 aliphatic rings. The summed E-state index contributed by atoms with van der Waals surface area (Å²) in [5.41, 5.74) is 4.36. The summed E-state index contributed by atoms with van der Waals surface area (Å²) in [6.07, 6.45) is 9.70. The van der Waals surface area contributed by atoms with Gasteiger partial charge in [-0.3, -0.25) is 4.98 Å². The number of rotatable bonds is 5. The molecule has 2 heterocycles. The summed E-state index contributed by atoms with van der Waals surface area (Å²) < 4.78 is 15.2. The SMILES string of the molecule is C[C@]12Cc3cnn(-c4ccc(F)cc4)c3C=C1CC[C@@]2(CO)CC(O)c1ccncc1. The van der Waals surface area contributed by atoms with Crippen LogP contribution in [0, 0.1) is 16.6 Å². The maximum atomic E-state index is 13.4. The summed E-state index contributed by atoms with van der Waals surface area (Å²) in [5.74, 6) is -0.271. The molecule has 5 rings (SSSR count). The van der Waals surface area contributed by atoms with Crippen LogP contribution in [0.3, 0.4) is 0 Å². The molecule has 2 aromatic heterocycles. The Morgan fingerprint density at radius 1 is 1.16 bits per heavy atom. The fourth-order valence-corrected chi connectivity index (χ4v) is 5.53. The van der Waals surface area contributed by atoms with E-state index in [2.05, 4.69) is 23.1 Å². The lowest BCUT2D eigenvalue weighted by Gasteiger charge is -2.46. The van der Waals surface area contributed by atoms with Crippen molar-refractivity contribution in [2.45, 2.75) is 38.7 Å². The van der Waals surface area contributed by atoms with Gasteiger partial charge in [-0.15, -0.1) is 0 Å². The highest BCUT2D eigenvalue weighted by Gasteiger charge is 2.56. The van der Waals surface area contributed by atoms with Crippen LogP contribution in [0.25, 0.3) is 11.8 Å². The maximum absolute atomic E-state index is 13.4. The van der Waals surface area contributed by atoms with Crippen molar-refractivity contribution in [3.8, 4) is 5.69 Å². The molecule has 6 heteroatoms. The molecule has 1 saturated carbocycles. The second-order valence-corrected chi connectivity index (χ2v) is 9.06. The average molecular weight is 420 g/mol. The van der Waals surface area contributed by atoms with Crippen molar-refractivity contribution in [2.24, 2.45) is 10.8 Å². The minimum atomic E-state index is -0.658. The third-order valence-electron chi connectivity index (χ3n) is 7.54. The third-order valence-corrected chi connectivity index (χ3v) is 7.54. The molecular formula is C25H26FN3O2. The highest BCUT2D eigenvalue weighted by molar-refractivity contribution is 5.62. The highest BCUT2D eigenvalue weighted by Crippen LogP contribution is 2.62. The summed E-state index contributed by atoms with van der Waals surface area (Å²) in [5, 5.41) is 26.1. The van der Waals surface area contributed by atoms with Gasteiger partial charge in [0.05, 0.1) is 23.7 Å². The Bertz CT molecular complexity index is 1130. The van der Waals surface area contributed by atoms with E-state index in [1.54, 1.807) is 24.5 Å². The fraction of sp³-hybridized carbons (Fsp3) is 0.360. The maximum Gasteiger partial charge on any atom is 0.123 e. The van der Waals surface area contributed by atoms with Crippen molar-refractivity contribution in [3.63, 3.8) is 0 Å². The quantitative estimate of drug-likeness (QED) is 0.649. The Morgan fingerprint density at radius 2 is 1.90 bits per heavy atom. The average Bonchev–Trinajstić information content (AvgIpc) is 3.31. The Balaban J connectivity index is 1.50. The van der Waals surface area contributed by atoms with Gasteiger partial charge >= 0.3 is 0 Å². The molecule has 3 aromatic rings. The first kappa shape index (κ1) is 20.1. The predicted octanol–water partition coefficient (Wildman–Crippen LogP) is 4.25. The fourth-order valence-electron chi connectivity index (χ4n) is 5.53. The zero-order chi connectivity index (χ0) is 21.6. The number of halogens is 1. The number of allylic oxidation sites excluding steroid dienone is 1. The molecule has 31 heavy (non-hydrogen) atoms. The summed E-state index contributed by atoms with van der Waals surface area (Å²) >= 11 is 0. The van der Waals surface area contributed by atoms with E-state index >= 15 is 0 Å². The number of aromatic nitrogens is 3. The monoisotopic (exact) mass is 419 g/mol. The molecule has 0 bridgehead atoms. The van der Waals surface area contributed by atoms with Gasteiger partial charge in [0, 0.05) is 29.8 Å². The molecule has 0 radical (unpaired) electrons. The lowest BCUT2D eigenvalue weighted by atomic mass is 9.59. The molecule has 2 aliphatic carbocycles. The first-order valence-electron chi connectivity index (χ1n) is 10.7. The van der Waals surface area contributed by atoms with Crippen LogP contribution >= 0.6 is 0 Å². The largest absolute Gasteiger partial charge is 0.396 e. The summed E-state index contributed by atoms with van der Waals surface area (Å²) in [7, 11) is 0. The molecular weight excluding hydrogens is 393 g/mol. The van der Waals surface area contributed by atoms with Crippen molar-refractivity contribution < 1.29 is 14.6 Å². The molecule has 1 fully saturated rings. The Hall–Kier alpha value is -2.83. The van der Waals surface area contributed by atoms with Gasteiger partial charge < -0.3 is 10.2 Å². The first-order chi connectivity index (χ1) is 15.0. The molecule has 0 saturated heterocycles. The number of hydrogen-bond acceptors (Lipinski definition) is 4. The zero-order valence-corrected chi connectivity index (χ0v) is 17.5. The summed E-state index contributed by atoms with van der Waals surface area (Å²) in [6, 6.07) is 10.00. The van der Waals surface area contributed by atoms with Crippen molar-refractivity contribution in [3.05, 3.63) is 83.2 Å². The number of benzene rings is 1. The van der Waals surface area contributed by atoms with E-state index in [-0.39, 0.29) is 17.8 Å². The van der Waals surface area contributed by atoms with Gasteiger partial charge in [-0.25, -0.2) is 9.07 Å². The van der Waals surface area contributed by atoms with Crippen molar-refractivity contribution in [1.82, 2.24) is 14.8 Å². The smallest absolute Gasteiger partial charge is 0.123 e. The molecule has 1 aromatic carbocycles. The minimum Gasteiger partial charge on any atom is -0.396 e. The molecule has 2 N–H and O–H groups in total. The van der Waals surface area contributed by atoms with Gasteiger partial charge in [-0.1, -0.05) is 12.5 Å². The normalized spacial score (nSPS) is 25.6. The van der Waals surface area contributed by atoms with Crippen LogP contribution in [0.5, 0.6) is 0 Å². The molecule has 0 spiro atoms. The lowest BCUT2D eigenvalue weighted by molar-refractivity contribution is -0.0139. The van der Waals surface area contributed by atoms with Crippen LogP contribution in [-0.2, 0) is 6.42 Å². The number of aliphatic hydroxyl groups is 2. The molecule has 0 amide bonds. The highest BCUT2D eigenvalue weighted by atomic mass is 19.1. The first-order valence-corrected chi connectivity index (χ1v) is 10.7. The second kappa shape index (κ2) is 7.39. The Morgan fingerprint density at radius 3 is 2.61 bits per heavy atom. The van der Waals surface area contributed by atoms with Crippen LogP contribution in [0.1, 0.15) is 49.1 Å². The van der Waals surface area contributed by atoms with Crippen molar-refractivity contribution >= 4 is 6.08 Å². The standard InChI is InChI=1S/C25H26FN3O2/c1-24-13-18-15-28-29(21-4-2-20(26)3-5-21)22(18)12-19(24)6-9-25(24,16-30)14-23(31)17-7-10-27-11-8-17/h2-5,7-8,10-12,15,23,30-31H,6,9,13-14,16H2,1H3/t23?,24-,25-/m0/s1. The van der Waals surface area contributed by atoms with Crippen molar-refractivity contribution in [2.75, 3.05) is 6.61 Å². The van der Waals surface area contributed by atoms with E-state index in [0.717, 1.165) is 41.8 Å². The van der Waals surface area contributed by atoms with Crippen LogP contribution in [0.2, 0.25) is 0 Å². The van der Waals surface area contributed by atoms with E-state index in [9.17, 15) is 14.6 Å². The van der Waals surface area contributed by atoms with Gasteiger partial charge in [0.15, 0.2) is 0 Å². The molecule has 160 valence electrons. The van der Waals surface area contributed by atoms with E-state index in [4.69, 9.17) is 0 Å². The van der Waals surface area contributed by atoms with E-state index in [1.807, 2.05) is 23.0 Å².